The van der Waals surface area contributed by atoms with Crippen LogP contribution < -0.4 is 21.0 Å². The molecule has 4 saturated carbocycles. The van der Waals surface area contributed by atoms with E-state index in [9.17, 15) is 0 Å². The molecule has 7 rings (SSSR count). The lowest BCUT2D eigenvalue weighted by Crippen LogP contribution is -2.59. The molecular formula is C34H48N2P2Si2. The largest absolute Gasteiger partial charge is 0.264 e. The highest BCUT2D eigenvalue weighted by Gasteiger charge is 2.57. The Morgan fingerprint density at radius 2 is 1.38 bits per heavy atom. The van der Waals surface area contributed by atoms with Crippen LogP contribution in [0.25, 0.3) is 0 Å². The molecule has 4 aliphatic rings. The first-order valence-corrected chi connectivity index (χ1v) is 24.8. The van der Waals surface area contributed by atoms with Gasteiger partial charge in [0.15, 0.2) is 0 Å². The van der Waals surface area contributed by atoms with Crippen LogP contribution in [0.5, 0.6) is 0 Å². The van der Waals surface area contributed by atoms with Gasteiger partial charge in [0.25, 0.3) is 0 Å². The topological polar surface area (TPSA) is 25.8 Å². The zero-order valence-electron chi connectivity index (χ0n) is 25.5. The third kappa shape index (κ3) is 5.25. The lowest BCUT2D eigenvalue weighted by atomic mass is 9.43. The maximum absolute atomic E-state index is 4.58. The molecule has 0 radical (unpaired) electrons. The third-order valence-electron chi connectivity index (χ3n) is 10.4. The molecule has 6 heteroatoms. The average molecular weight is 603 g/mol. The lowest BCUT2D eigenvalue weighted by Gasteiger charge is -2.62. The van der Waals surface area contributed by atoms with Crippen molar-refractivity contribution in [2.75, 3.05) is 6.16 Å². The van der Waals surface area contributed by atoms with Crippen molar-refractivity contribution in [2.24, 2.45) is 23.7 Å². The normalized spacial score (nSPS) is 27.9. The van der Waals surface area contributed by atoms with Gasteiger partial charge in [0, 0.05) is 30.9 Å². The maximum atomic E-state index is 4.58. The molecule has 2 aromatic heterocycles. The van der Waals surface area contributed by atoms with E-state index in [4.69, 9.17) is 0 Å². The molecule has 0 amide bonds. The van der Waals surface area contributed by atoms with Crippen LogP contribution in [-0.2, 0) is 11.6 Å². The molecule has 1 aromatic carbocycles. The molecule has 0 saturated heterocycles. The van der Waals surface area contributed by atoms with Crippen molar-refractivity contribution in [3.63, 3.8) is 0 Å². The second-order valence-corrected chi connectivity index (χ2v) is 27.9. The molecule has 4 fully saturated rings. The van der Waals surface area contributed by atoms with Gasteiger partial charge in [0.05, 0.1) is 16.1 Å². The number of hydrogen-bond donors (Lipinski definition) is 0. The fraction of sp³-hybridized carbons (Fsp3) is 0.529. The molecule has 2 heterocycles. The summed E-state index contributed by atoms with van der Waals surface area (Å²) in [6.45, 7) is 15.4. The van der Waals surface area contributed by atoms with E-state index >= 15 is 0 Å². The molecule has 0 aliphatic heterocycles. The minimum atomic E-state index is -1.55. The van der Waals surface area contributed by atoms with E-state index in [1.165, 1.54) is 48.9 Å². The van der Waals surface area contributed by atoms with E-state index in [1.54, 1.807) is 21.5 Å². The molecule has 0 N–H and O–H groups in total. The molecule has 4 bridgehead atoms. The van der Waals surface area contributed by atoms with Crippen molar-refractivity contribution in [3.05, 3.63) is 72.3 Å². The second kappa shape index (κ2) is 10.8. The zero-order chi connectivity index (χ0) is 28.3. The molecule has 3 aromatic rings. The Kier molecular flexibility index (Phi) is 7.82. The van der Waals surface area contributed by atoms with E-state index < -0.39 is 24.1 Å². The van der Waals surface area contributed by atoms with Crippen molar-refractivity contribution in [2.45, 2.75) is 83.0 Å². The Morgan fingerprint density at radius 3 is 1.85 bits per heavy atom. The van der Waals surface area contributed by atoms with E-state index in [-0.39, 0.29) is 0 Å². The van der Waals surface area contributed by atoms with Gasteiger partial charge in [-0.1, -0.05) is 73.9 Å². The average Bonchev–Trinajstić information content (AvgIpc) is 2.91. The van der Waals surface area contributed by atoms with Crippen LogP contribution in [0.2, 0.25) is 39.3 Å². The summed E-state index contributed by atoms with van der Waals surface area (Å²) in [6, 6.07) is 14.5. The lowest BCUT2D eigenvalue weighted by molar-refractivity contribution is -0.0520. The molecule has 4 atom stereocenters. The first-order chi connectivity index (χ1) is 19.0. The molecule has 212 valence electrons. The number of aromatic nitrogens is 2. The molecule has 4 unspecified atom stereocenters. The van der Waals surface area contributed by atoms with E-state index in [0.717, 1.165) is 29.8 Å². The van der Waals surface area contributed by atoms with Gasteiger partial charge >= 0.3 is 0 Å². The fourth-order valence-electron chi connectivity index (χ4n) is 8.99. The zero-order valence-corrected chi connectivity index (χ0v) is 29.5. The highest BCUT2D eigenvalue weighted by Crippen LogP contribution is 2.64. The van der Waals surface area contributed by atoms with Gasteiger partial charge in [-0.3, -0.25) is 9.97 Å². The number of benzene rings is 1. The summed E-state index contributed by atoms with van der Waals surface area (Å²) < 4.78 is 0. The monoisotopic (exact) mass is 602 g/mol. The summed E-state index contributed by atoms with van der Waals surface area (Å²) in [6.07, 6.45) is 17.7. The summed E-state index contributed by atoms with van der Waals surface area (Å²) in [5.41, 5.74) is 3.77. The quantitative estimate of drug-likeness (QED) is 0.210. The van der Waals surface area contributed by atoms with Crippen molar-refractivity contribution in [3.8, 4) is 0 Å². The highest BCUT2D eigenvalue weighted by atomic mass is 31.1. The summed E-state index contributed by atoms with van der Waals surface area (Å²) in [5, 5.41) is 6.22. The van der Waals surface area contributed by atoms with Crippen molar-refractivity contribution < 1.29 is 0 Å². The van der Waals surface area contributed by atoms with Crippen molar-refractivity contribution in [1.82, 2.24) is 9.97 Å². The van der Waals surface area contributed by atoms with Gasteiger partial charge < -0.3 is 0 Å². The smallest absolute Gasteiger partial charge is 0.0774 e. The highest BCUT2D eigenvalue weighted by molar-refractivity contribution is 7.72. The van der Waals surface area contributed by atoms with E-state index in [1.807, 2.05) is 12.4 Å². The Hall–Kier alpha value is -1.19. The van der Waals surface area contributed by atoms with Crippen LogP contribution in [0, 0.1) is 23.7 Å². The summed E-state index contributed by atoms with van der Waals surface area (Å²) in [7, 11) is -0.478. The van der Waals surface area contributed by atoms with Gasteiger partial charge in [-0.15, -0.1) is 9.24 Å². The summed E-state index contributed by atoms with van der Waals surface area (Å²) in [5.74, 6) is 3.59. The van der Waals surface area contributed by atoms with Gasteiger partial charge in [-0.05, 0) is 109 Å². The van der Waals surface area contributed by atoms with Crippen LogP contribution >= 0.6 is 17.2 Å². The number of rotatable bonds is 8. The molecule has 40 heavy (non-hydrogen) atoms. The van der Waals surface area contributed by atoms with Crippen LogP contribution in [0.4, 0.5) is 0 Å². The molecule has 4 aliphatic carbocycles. The predicted molar refractivity (Wildman–Crippen MR) is 184 cm³/mol. The maximum Gasteiger partial charge on any atom is 0.0774 e. The standard InChI is InChI=1S/C34H48N2P2Si2/c1-39(2,3)32-16-27(23-38(28-9-7-11-35-20-28)29-10-8-12-36-21-29)30(17-33(32)40(4,5)6)34-18-24-13-25(19-34)15-26(14-24)31(34)22-37/h7-12,16-17,20-21,24-26,31H,13-15,18-19,22-23,37H2,1-6H3. The van der Waals surface area contributed by atoms with E-state index in [2.05, 4.69) is 107 Å². The van der Waals surface area contributed by atoms with Crippen molar-refractivity contribution >= 4 is 54.3 Å². The van der Waals surface area contributed by atoms with Gasteiger partial charge in [-0.25, -0.2) is 0 Å². The number of hydrogen-bond acceptors (Lipinski definition) is 2. The molecule has 0 spiro atoms. The first kappa shape index (κ1) is 28.9. The van der Waals surface area contributed by atoms with Crippen molar-refractivity contribution in [1.29, 1.82) is 0 Å². The van der Waals surface area contributed by atoms with Crippen LogP contribution in [0.1, 0.15) is 43.2 Å². The van der Waals surface area contributed by atoms with E-state index in [0.29, 0.717) is 5.41 Å². The second-order valence-electron chi connectivity index (χ2n) is 15.2. The van der Waals surface area contributed by atoms with Crippen LogP contribution in [-0.4, -0.2) is 32.3 Å². The van der Waals surface area contributed by atoms with Gasteiger partial charge in [0.2, 0.25) is 0 Å². The SMILES string of the molecule is C[Si](C)(C)c1cc(CP(c2cccnc2)c2cccnc2)c(C23CC4CC(CC(C4)C2CP)C3)cc1[Si](C)(C)C. The molecular weight excluding hydrogens is 555 g/mol. The van der Waals surface area contributed by atoms with Gasteiger partial charge in [-0.2, -0.15) is 0 Å². The molecule has 2 nitrogen and oxygen atoms in total. The summed E-state index contributed by atoms with van der Waals surface area (Å²) in [4.78, 5) is 9.17. The predicted octanol–water partition coefficient (Wildman–Crippen LogP) is 6.77. The minimum Gasteiger partial charge on any atom is -0.264 e. The Balaban J connectivity index is 1.58. The number of pyridine rings is 2. The van der Waals surface area contributed by atoms with Crippen LogP contribution in [0.3, 0.4) is 0 Å². The first-order valence-electron chi connectivity index (χ1n) is 15.5. The Labute approximate surface area is 248 Å². The number of nitrogens with zero attached hydrogens (tertiary/aromatic N) is 2. The summed E-state index contributed by atoms with van der Waals surface area (Å²) >= 11 is 0. The van der Waals surface area contributed by atoms with Gasteiger partial charge in [0.1, 0.15) is 0 Å². The van der Waals surface area contributed by atoms with Crippen LogP contribution in [0.15, 0.2) is 61.2 Å². The fourth-order valence-corrected chi connectivity index (χ4v) is 17.2. The third-order valence-corrected chi connectivity index (χ3v) is 17.7. The Bertz CT molecular complexity index is 1300. The minimum absolute atomic E-state index is 0.350. The Morgan fingerprint density at radius 1 is 0.825 bits per heavy atom.